The smallest absolute Gasteiger partial charge is 0.234 e. The number of methoxy groups -OCH3 is 2. The van der Waals surface area contributed by atoms with Crippen molar-refractivity contribution in [3.8, 4) is 11.5 Å². The topological polar surface area (TPSA) is 50.8 Å². The molecule has 1 amide bonds. The largest absolute Gasteiger partial charge is 0.493 e. The second-order valence-electron chi connectivity index (χ2n) is 7.70. The highest BCUT2D eigenvalue weighted by Crippen LogP contribution is 2.40. The zero-order valence-corrected chi connectivity index (χ0v) is 18.0. The molecular formula is C26H28N2O3. The summed E-state index contributed by atoms with van der Waals surface area (Å²) in [5, 5.41) is 3.06. The number of hydrogen-bond acceptors (Lipinski definition) is 4. The molecule has 0 aliphatic carbocycles. The first-order chi connectivity index (χ1) is 15.2. The Labute approximate surface area is 183 Å². The molecule has 1 N–H and O–H groups in total. The maximum atomic E-state index is 12.8. The molecule has 0 saturated heterocycles. The van der Waals surface area contributed by atoms with E-state index in [4.69, 9.17) is 9.47 Å². The lowest BCUT2D eigenvalue weighted by molar-refractivity contribution is -0.122. The summed E-state index contributed by atoms with van der Waals surface area (Å²) >= 11 is 0. The number of nitrogens with zero attached hydrogens (tertiary/aromatic N) is 1. The summed E-state index contributed by atoms with van der Waals surface area (Å²) in [5.74, 6) is 1.47. The first kappa shape index (κ1) is 20.9. The van der Waals surface area contributed by atoms with Crippen LogP contribution in [0.25, 0.3) is 0 Å². The number of fused-ring (bicyclic) bond motifs is 1. The first-order valence-electron chi connectivity index (χ1n) is 10.5. The third kappa shape index (κ3) is 4.72. The average Bonchev–Trinajstić information content (AvgIpc) is 2.83. The second-order valence-corrected chi connectivity index (χ2v) is 7.70. The molecule has 31 heavy (non-hydrogen) atoms. The maximum absolute atomic E-state index is 12.8. The van der Waals surface area contributed by atoms with Gasteiger partial charge in [-0.15, -0.1) is 0 Å². The van der Waals surface area contributed by atoms with Crippen LogP contribution in [0.1, 0.15) is 28.3 Å². The molecule has 160 valence electrons. The molecule has 1 aliphatic rings. The number of nitrogens with one attached hydrogen (secondary N) is 1. The highest BCUT2D eigenvalue weighted by atomic mass is 16.5. The van der Waals surface area contributed by atoms with Crippen LogP contribution >= 0.6 is 0 Å². The van der Waals surface area contributed by atoms with Crippen molar-refractivity contribution in [3.63, 3.8) is 0 Å². The molecule has 4 rings (SSSR count). The molecule has 0 saturated carbocycles. The van der Waals surface area contributed by atoms with Crippen LogP contribution in [0.15, 0.2) is 72.8 Å². The second kappa shape index (κ2) is 9.67. The molecular weight excluding hydrogens is 388 g/mol. The van der Waals surface area contributed by atoms with Crippen molar-refractivity contribution in [2.45, 2.75) is 19.0 Å². The minimum Gasteiger partial charge on any atom is -0.493 e. The summed E-state index contributed by atoms with van der Waals surface area (Å²) in [4.78, 5) is 15.0. The molecule has 3 aromatic carbocycles. The number of benzene rings is 3. The molecule has 1 aliphatic heterocycles. The van der Waals surface area contributed by atoms with E-state index in [9.17, 15) is 4.79 Å². The van der Waals surface area contributed by atoms with E-state index in [0.717, 1.165) is 35.4 Å². The van der Waals surface area contributed by atoms with E-state index in [1.165, 1.54) is 5.56 Å². The van der Waals surface area contributed by atoms with Gasteiger partial charge in [0.25, 0.3) is 0 Å². The number of rotatable bonds is 7. The van der Waals surface area contributed by atoms with E-state index >= 15 is 0 Å². The van der Waals surface area contributed by atoms with E-state index in [1.54, 1.807) is 14.2 Å². The zero-order chi connectivity index (χ0) is 21.6. The summed E-state index contributed by atoms with van der Waals surface area (Å²) in [7, 11) is 3.31. The van der Waals surface area contributed by atoms with Crippen LogP contribution in [0.3, 0.4) is 0 Å². The van der Waals surface area contributed by atoms with Gasteiger partial charge in [-0.05, 0) is 40.8 Å². The van der Waals surface area contributed by atoms with Crippen LogP contribution < -0.4 is 14.8 Å². The third-order valence-corrected chi connectivity index (χ3v) is 5.77. The molecule has 5 nitrogen and oxygen atoms in total. The van der Waals surface area contributed by atoms with Crippen molar-refractivity contribution in [1.82, 2.24) is 10.2 Å². The van der Waals surface area contributed by atoms with Crippen LogP contribution in [0.2, 0.25) is 0 Å². The van der Waals surface area contributed by atoms with E-state index in [1.807, 2.05) is 48.5 Å². The molecule has 0 aromatic heterocycles. The number of hydrogen-bond donors (Lipinski definition) is 1. The van der Waals surface area contributed by atoms with E-state index in [-0.39, 0.29) is 11.9 Å². The van der Waals surface area contributed by atoms with Gasteiger partial charge in [-0.3, -0.25) is 9.69 Å². The van der Waals surface area contributed by atoms with Gasteiger partial charge in [0.05, 0.1) is 26.8 Å². The zero-order valence-electron chi connectivity index (χ0n) is 18.0. The average molecular weight is 417 g/mol. The summed E-state index contributed by atoms with van der Waals surface area (Å²) in [5.41, 5.74) is 4.64. The molecule has 0 bridgehead atoms. The molecule has 5 heteroatoms. The Kier molecular flexibility index (Phi) is 6.53. The monoisotopic (exact) mass is 416 g/mol. The van der Waals surface area contributed by atoms with Gasteiger partial charge >= 0.3 is 0 Å². The molecule has 3 aromatic rings. The predicted octanol–water partition coefficient (Wildman–Crippen LogP) is 3.97. The van der Waals surface area contributed by atoms with Gasteiger partial charge in [-0.25, -0.2) is 0 Å². The quantitative estimate of drug-likeness (QED) is 0.633. The first-order valence-corrected chi connectivity index (χ1v) is 10.5. The lowest BCUT2D eigenvalue weighted by Gasteiger charge is -2.37. The van der Waals surface area contributed by atoms with E-state index in [0.29, 0.717) is 18.8 Å². The fourth-order valence-electron chi connectivity index (χ4n) is 4.23. The van der Waals surface area contributed by atoms with Crippen molar-refractivity contribution >= 4 is 5.91 Å². The van der Waals surface area contributed by atoms with Gasteiger partial charge < -0.3 is 14.8 Å². The molecule has 0 radical (unpaired) electrons. The molecule has 0 unspecified atom stereocenters. The van der Waals surface area contributed by atoms with Crippen LogP contribution in [0.4, 0.5) is 0 Å². The molecule has 0 spiro atoms. The molecule has 0 fully saturated rings. The van der Waals surface area contributed by atoms with Crippen molar-refractivity contribution in [3.05, 3.63) is 95.1 Å². The third-order valence-electron chi connectivity index (χ3n) is 5.77. The van der Waals surface area contributed by atoms with Gasteiger partial charge in [-0.2, -0.15) is 0 Å². The Morgan fingerprint density at radius 3 is 2.29 bits per heavy atom. The summed E-state index contributed by atoms with van der Waals surface area (Å²) in [6.07, 6.45) is 0.852. The van der Waals surface area contributed by atoms with E-state index in [2.05, 4.69) is 34.5 Å². The van der Waals surface area contributed by atoms with Crippen molar-refractivity contribution < 1.29 is 14.3 Å². The summed E-state index contributed by atoms with van der Waals surface area (Å²) in [6.45, 7) is 1.66. The van der Waals surface area contributed by atoms with Crippen molar-refractivity contribution in [2.75, 3.05) is 27.3 Å². The maximum Gasteiger partial charge on any atom is 0.234 e. The summed E-state index contributed by atoms with van der Waals surface area (Å²) < 4.78 is 11.1. The number of amides is 1. The van der Waals surface area contributed by atoms with Gasteiger partial charge in [0, 0.05) is 13.1 Å². The Hall–Kier alpha value is -3.31. The van der Waals surface area contributed by atoms with Gasteiger partial charge in [0.2, 0.25) is 5.91 Å². The van der Waals surface area contributed by atoms with Crippen molar-refractivity contribution in [2.24, 2.45) is 0 Å². The Morgan fingerprint density at radius 1 is 0.968 bits per heavy atom. The van der Waals surface area contributed by atoms with Crippen LogP contribution in [-0.2, 0) is 17.8 Å². The van der Waals surface area contributed by atoms with Crippen LogP contribution in [-0.4, -0.2) is 38.1 Å². The Balaban J connectivity index is 1.59. The standard InChI is InChI=1S/C26H28N2O3/c1-30-23-15-21-13-14-28(18-25(29)27-17-19-9-5-3-6-10-19)26(20-11-7-4-8-12-20)22(21)16-24(23)31-2/h3-12,15-16,26H,13-14,17-18H2,1-2H3,(H,27,29)/t26-/m1/s1. The van der Waals surface area contributed by atoms with Gasteiger partial charge in [0.15, 0.2) is 11.5 Å². The lowest BCUT2D eigenvalue weighted by atomic mass is 9.87. The molecule has 1 heterocycles. The summed E-state index contributed by atoms with van der Waals surface area (Å²) in [6, 6.07) is 24.4. The lowest BCUT2D eigenvalue weighted by Crippen LogP contribution is -2.43. The Morgan fingerprint density at radius 2 is 1.61 bits per heavy atom. The fourth-order valence-corrected chi connectivity index (χ4v) is 4.23. The van der Waals surface area contributed by atoms with Crippen molar-refractivity contribution in [1.29, 1.82) is 0 Å². The normalized spacial score (nSPS) is 15.7. The SMILES string of the molecule is COc1cc2c(cc1OC)[C@@H](c1ccccc1)N(CC(=O)NCc1ccccc1)CC2. The Bertz CT molecular complexity index is 1020. The van der Waals surface area contributed by atoms with Gasteiger partial charge in [0.1, 0.15) is 0 Å². The van der Waals surface area contributed by atoms with Crippen LogP contribution in [0, 0.1) is 0 Å². The highest BCUT2D eigenvalue weighted by Gasteiger charge is 2.31. The predicted molar refractivity (Wildman–Crippen MR) is 121 cm³/mol. The van der Waals surface area contributed by atoms with Crippen LogP contribution in [0.5, 0.6) is 11.5 Å². The fraction of sp³-hybridized carbons (Fsp3) is 0.269. The number of ether oxygens (including phenoxy) is 2. The van der Waals surface area contributed by atoms with Gasteiger partial charge in [-0.1, -0.05) is 60.7 Å². The minimum atomic E-state index is -0.0211. The highest BCUT2D eigenvalue weighted by molar-refractivity contribution is 5.78. The minimum absolute atomic E-state index is 0.0211. The van der Waals surface area contributed by atoms with E-state index < -0.39 is 0 Å². The number of carbonyl (C=O) groups is 1. The number of carbonyl (C=O) groups excluding carboxylic acids is 1. The molecule has 1 atom stereocenters.